The molecule has 0 fully saturated rings. The van der Waals surface area contributed by atoms with Gasteiger partial charge in [-0.3, -0.25) is 4.79 Å². The van der Waals surface area contributed by atoms with Crippen LogP contribution in [0.4, 0.5) is 0 Å². The molecule has 0 saturated carbocycles. The van der Waals surface area contributed by atoms with Crippen molar-refractivity contribution in [1.29, 1.82) is 0 Å². The fourth-order valence-electron chi connectivity index (χ4n) is 0.565. The molecule has 0 aliphatic heterocycles. The molecular formula is C8H16O5. The number of carboxylic acid groups (broad SMARTS) is 1. The third kappa shape index (κ3) is 4.82. The topological polar surface area (TPSA) is 87.0 Å². The molecule has 0 radical (unpaired) electrons. The Balaban J connectivity index is 3.70. The van der Waals surface area contributed by atoms with Gasteiger partial charge in [-0.1, -0.05) is 0 Å². The molecule has 0 spiro atoms. The van der Waals surface area contributed by atoms with E-state index in [9.17, 15) is 4.79 Å². The number of hydrogen-bond acceptors (Lipinski definition) is 4. The van der Waals surface area contributed by atoms with Gasteiger partial charge < -0.3 is 20.1 Å². The van der Waals surface area contributed by atoms with Gasteiger partial charge in [-0.25, -0.2) is 0 Å². The van der Waals surface area contributed by atoms with Gasteiger partial charge >= 0.3 is 5.97 Å². The van der Waals surface area contributed by atoms with Crippen LogP contribution in [-0.2, 0) is 9.53 Å². The first-order chi connectivity index (χ1) is 5.90. The average Bonchev–Trinajstić information content (AvgIpc) is 2.03. The lowest BCUT2D eigenvalue weighted by Crippen LogP contribution is -2.31. The van der Waals surface area contributed by atoms with Crippen LogP contribution in [0.25, 0.3) is 0 Å². The molecule has 0 rings (SSSR count). The molecule has 1 atom stereocenters. The minimum atomic E-state index is -0.963. The SMILES string of the molecule is CC(C)(COCC(O)CO)C(=O)O. The van der Waals surface area contributed by atoms with Crippen LogP contribution in [0.5, 0.6) is 0 Å². The quantitative estimate of drug-likeness (QED) is 0.526. The first-order valence-corrected chi connectivity index (χ1v) is 4.00. The Morgan fingerprint density at radius 1 is 1.54 bits per heavy atom. The molecule has 0 saturated heterocycles. The lowest BCUT2D eigenvalue weighted by molar-refractivity contribution is -0.151. The van der Waals surface area contributed by atoms with Crippen molar-refractivity contribution in [3.63, 3.8) is 0 Å². The summed E-state index contributed by atoms with van der Waals surface area (Å²) in [5.41, 5.74) is -0.963. The summed E-state index contributed by atoms with van der Waals surface area (Å²) in [5.74, 6) is -0.953. The lowest BCUT2D eigenvalue weighted by atomic mass is 9.95. The molecule has 5 nitrogen and oxygen atoms in total. The Hall–Kier alpha value is -0.650. The predicted molar refractivity (Wildman–Crippen MR) is 45.3 cm³/mol. The number of ether oxygens (including phenoxy) is 1. The first-order valence-electron chi connectivity index (χ1n) is 4.00. The van der Waals surface area contributed by atoms with Gasteiger partial charge in [0.2, 0.25) is 0 Å². The van der Waals surface area contributed by atoms with Crippen molar-refractivity contribution >= 4 is 5.97 Å². The number of aliphatic carboxylic acids is 1. The van der Waals surface area contributed by atoms with Crippen LogP contribution < -0.4 is 0 Å². The Labute approximate surface area is 77.0 Å². The van der Waals surface area contributed by atoms with E-state index < -0.39 is 17.5 Å². The van der Waals surface area contributed by atoms with Gasteiger partial charge in [0.1, 0.15) is 6.10 Å². The van der Waals surface area contributed by atoms with Crippen LogP contribution in [0, 0.1) is 5.41 Å². The maximum Gasteiger partial charge on any atom is 0.311 e. The second-order valence-corrected chi connectivity index (χ2v) is 3.54. The summed E-state index contributed by atoms with van der Waals surface area (Å²) >= 11 is 0. The van der Waals surface area contributed by atoms with Crippen LogP contribution >= 0.6 is 0 Å². The zero-order valence-electron chi connectivity index (χ0n) is 7.86. The van der Waals surface area contributed by atoms with E-state index in [1.54, 1.807) is 0 Å². The largest absolute Gasteiger partial charge is 0.481 e. The number of hydrogen-bond donors (Lipinski definition) is 3. The van der Waals surface area contributed by atoms with E-state index in [1.807, 2.05) is 0 Å². The number of aliphatic hydroxyl groups excluding tert-OH is 2. The van der Waals surface area contributed by atoms with E-state index in [1.165, 1.54) is 13.8 Å². The van der Waals surface area contributed by atoms with Gasteiger partial charge in [-0.15, -0.1) is 0 Å². The highest BCUT2D eigenvalue weighted by Crippen LogP contribution is 2.15. The summed E-state index contributed by atoms with van der Waals surface area (Å²) in [5, 5.41) is 26.0. The molecule has 0 amide bonds. The van der Waals surface area contributed by atoms with Crippen molar-refractivity contribution in [3.05, 3.63) is 0 Å². The third-order valence-electron chi connectivity index (χ3n) is 1.56. The van der Waals surface area contributed by atoms with E-state index in [0.717, 1.165) is 0 Å². The van der Waals surface area contributed by atoms with Gasteiger partial charge in [-0.05, 0) is 13.8 Å². The van der Waals surface area contributed by atoms with Crippen LogP contribution in [0.2, 0.25) is 0 Å². The van der Waals surface area contributed by atoms with Gasteiger partial charge in [0.15, 0.2) is 0 Å². The Morgan fingerprint density at radius 2 is 2.08 bits per heavy atom. The zero-order chi connectivity index (χ0) is 10.5. The van der Waals surface area contributed by atoms with Crippen molar-refractivity contribution in [2.75, 3.05) is 19.8 Å². The predicted octanol–water partition coefficient (Wildman–Crippen LogP) is -0.533. The number of carbonyl (C=O) groups is 1. The van der Waals surface area contributed by atoms with E-state index in [-0.39, 0.29) is 19.8 Å². The van der Waals surface area contributed by atoms with Crippen molar-refractivity contribution in [2.45, 2.75) is 20.0 Å². The summed E-state index contributed by atoms with van der Waals surface area (Å²) in [6, 6.07) is 0. The molecule has 5 heteroatoms. The Kier molecular flexibility index (Phi) is 4.90. The second kappa shape index (κ2) is 5.16. The number of aliphatic hydroxyl groups is 2. The minimum absolute atomic E-state index is 0.0133. The molecule has 0 aromatic carbocycles. The normalized spacial score (nSPS) is 14.2. The van der Waals surface area contributed by atoms with E-state index in [2.05, 4.69) is 0 Å². The Bertz CT molecular complexity index is 166. The Morgan fingerprint density at radius 3 is 2.46 bits per heavy atom. The van der Waals surface area contributed by atoms with E-state index >= 15 is 0 Å². The highest BCUT2D eigenvalue weighted by atomic mass is 16.5. The van der Waals surface area contributed by atoms with Crippen molar-refractivity contribution in [1.82, 2.24) is 0 Å². The van der Waals surface area contributed by atoms with Crippen molar-refractivity contribution in [3.8, 4) is 0 Å². The van der Waals surface area contributed by atoms with Gasteiger partial charge in [0.05, 0.1) is 25.2 Å². The first kappa shape index (κ1) is 12.3. The van der Waals surface area contributed by atoms with Crippen LogP contribution in [-0.4, -0.2) is 47.2 Å². The molecule has 1 unspecified atom stereocenters. The maximum absolute atomic E-state index is 10.6. The fraction of sp³-hybridized carbons (Fsp3) is 0.875. The van der Waals surface area contributed by atoms with E-state index in [4.69, 9.17) is 20.1 Å². The van der Waals surface area contributed by atoms with Gasteiger partial charge in [0.25, 0.3) is 0 Å². The summed E-state index contributed by atoms with van der Waals surface area (Å²) in [4.78, 5) is 10.6. The molecular weight excluding hydrogens is 176 g/mol. The van der Waals surface area contributed by atoms with Crippen molar-refractivity contribution in [2.24, 2.45) is 5.41 Å². The van der Waals surface area contributed by atoms with Gasteiger partial charge in [0, 0.05) is 0 Å². The van der Waals surface area contributed by atoms with Crippen molar-refractivity contribution < 1.29 is 24.9 Å². The van der Waals surface area contributed by atoms with Gasteiger partial charge in [-0.2, -0.15) is 0 Å². The molecule has 0 aliphatic rings. The third-order valence-corrected chi connectivity index (χ3v) is 1.56. The molecule has 3 N–H and O–H groups in total. The second-order valence-electron chi connectivity index (χ2n) is 3.54. The van der Waals surface area contributed by atoms with Crippen LogP contribution in [0.15, 0.2) is 0 Å². The molecule has 0 aliphatic carbocycles. The van der Waals surface area contributed by atoms with Crippen LogP contribution in [0.3, 0.4) is 0 Å². The number of carboxylic acids is 1. The number of rotatable bonds is 6. The smallest absolute Gasteiger partial charge is 0.311 e. The molecule has 0 aromatic heterocycles. The van der Waals surface area contributed by atoms with E-state index in [0.29, 0.717) is 0 Å². The lowest BCUT2D eigenvalue weighted by Gasteiger charge is -2.19. The zero-order valence-corrected chi connectivity index (χ0v) is 7.86. The highest BCUT2D eigenvalue weighted by Gasteiger charge is 2.27. The summed E-state index contributed by atoms with van der Waals surface area (Å²) < 4.78 is 4.92. The monoisotopic (exact) mass is 192 g/mol. The molecule has 0 bridgehead atoms. The molecule has 0 aromatic rings. The van der Waals surface area contributed by atoms with Crippen LogP contribution in [0.1, 0.15) is 13.8 Å². The molecule has 78 valence electrons. The standard InChI is InChI=1S/C8H16O5/c1-8(2,7(11)12)5-13-4-6(10)3-9/h6,9-10H,3-5H2,1-2H3,(H,11,12). The maximum atomic E-state index is 10.6. The average molecular weight is 192 g/mol. The summed E-state index contributed by atoms with van der Waals surface area (Å²) in [7, 11) is 0. The summed E-state index contributed by atoms with van der Waals surface area (Å²) in [6.45, 7) is 2.64. The molecule has 13 heavy (non-hydrogen) atoms. The molecule has 0 heterocycles. The summed E-state index contributed by atoms with van der Waals surface area (Å²) in [6.07, 6.45) is -0.940. The fourth-order valence-corrected chi connectivity index (χ4v) is 0.565. The minimum Gasteiger partial charge on any atom is -0.481 e. The highest BCUT2D eigenvalue weighted by molar-refractivity contribution is 5.73.